The fourth-order valence-electron chi connectivity index (χ4n) is 1.65. The third kappa shape index (κ3) is 3.77. The lowest BCUT2D eigenvalue weighted by atomic mass is 10.2. The summed E-state index contributed by atoms with van der Waals surface area (Å²) >= 11 is 4.65. The summed E-state index contributed by atoms with van der Waals surface area (Å²) in [5.41, 5.74) is 0.275. The number of nitro benzene ring substituents is 2. The van der Waals surface area contributed by atoms with Gasteiger partial charge in [-0.25, -0.2) is 0 Å². The molecule has 0 amide bonds. The number of aromatic amines is 2. The summed E-state index contributed by atoms with van der Waals surface area (Å²) in [6.07, 6.45) is 0.921. The van der Waals surface area contributed by atoms with Crippen molar-refractivity contribution in [2.24, 2.45) is 5.10 Å². The van der Waals surface area contributed by atoms with Gasteiger partial charge in [-0.05, 0) is 12.2 Å². The van der Waals surface area contributed by atoms with Crippen LogP contribution in [0.3, 0.4) is 0 Å². The zero-order valence-corrected chi connectivity index (χ0v) is 12.4. The van der Waals surface area contributed by atoms with E-state index in [9.17, 15) is 30.1 Å². The third-order valence-corrected chi connectivity index (χ3v) is 2.87. The molecule has 12 nitrogen and oxygen atoms in total. The number of rotatable bonds is 5. The molecule has 2 aromatic rings. The zero-order chi connectivity index (χ0) is 17.9. The van der Waals surface area contributed by atoms with Gasteiger partial charge in [0.05, 0.1) is 27.8 Å². The molecule has 0 aliphatic heterocycles. The van der Waals surface area contributed by atoms with E-state index in [1.54, 1.807) is 0 Å². The predicted molar refractivity (Wildman–Crippen MR) is 84.9 cm³/mol. The van der Waals surface area contributed by atoms with E-state index in [1.165, 1.54) is 0 Å². The van der Waals surface area contributed by atoms with Crippen LogP contribution in [0.4, 0.5) is 17.1 Å². The van der Waals surface area contributed by atoms with Gasteiger partial charge in [-0.2, -0.15) is 5.10 Å². The Labute approximate surface area is 136 Å². The van der Waals surface area contributed by atoms with Gasteiger partial charge < -0.3 is 10.1 Å². The highest BCUT2D eigenvalue weighted by atomic mass is 32.1. The number of non-ortho nitro benzene ring substituents is 2. The molecule has 13 heteroatoms. The lowest BCUT2D eigenvalue weighted by Gasteiger charge is -2.01. The van der Waals surface area contributed by atoms with Crippen LogP contribution in [0.2, 0.25) is 0 Å². The average Bonchev–Trinajstić information content (AvgIpc) is 2.49. The molecule has 24 heavy (non-hydrogen) atoms. The Balaban J connectivity index is 2.32. The normalized spacial score (nSPS) is 10.7. The number of H-pyrrole nitrogens is 2. The molecule has 0 fully saturated rings. The van der Waals surface area contributed by atoms with E-state index in [-0.39, 0.29) is 16.0 Å². The van der Waals surface area contributed by atoms with Crippen LogP contribution in [-0.2, 0) is 0 Å². The molecule has 124 valence electrons. The summed E-state index contributed by atoms with van der Waals surface area (Å²) in [6.45, 7) is 0. The van der Waals surface area contributed by atoms with E-state index in [1.807, 2.05) is 0 Å². The molecule has 1 aromatic carbocycles. The van der Waals surface area contributed by atoms with Gasteiger partial charge in [0.15, 0.2) is 4.77 Å². The fraction of sp³-hybridized carbons (Fsp3) is 0. The number of hydrogen-bond donors (Lipinski definition) is 4. The van der Waals surface area contributed by atoms with E-state index >= 15 is 0 Å². The van der Waals surface area contributed by atoms with Gasteiger partial charge in [-0.1, -0.05) is 0 Å². The monoisotopic (exact) mass is 352 g/mol. The predicted octanol–water partition coefficient (Wildman–Crippen LogP) is 1.40. The van der Waals surface area contributed by atoms with E-state index < -0.39 is 32.7 Å². The lowest BCUT2D eigenvalue weighted by Crippen LogP contribution is -2.14. The maximum absolute atomic E-state index is 11.6. The molecular formula is C11H8N6O6S. The second-order valence-corrected chi connectivity index (χ2v) is 4.70. The van der Waals surface area contributed by atoms with E-state index in [0.717, 1.165) is 24.4 Å². The quantitative estimate of drug-likeness (QED) is 0.269. The van der Waals surface area contributed by atoms with Crippen LogP contribution >= 0.6 is 12.2 Å². The summed E-state index contributed by atoms with van der Waals surface area (Å²) in [7, 11) is 0. The molecule has 0 unspecified atom stereocenters. The maximum atomic E-state index is 11.6. The third-order valence-electron chi connectivity index (χ3n) is 2.67. The van der Waals surface area contributed by atoms with Crippen molar-refractivity contribution in [3.05, 3.63) is 59.1 Å². The number of nitrogens with zero attached hydrogens (tertiary/aromatic N) is 3. The molecule has 1 heterocycles. The highest BCUT2D eigenvalue weighted by molar-refractivity contribution is 7.71. The maximum Gasteiger partial charge on any atom is 0.278 e. The van der Waals surface area contributed by atoms with Crippen molar-refractivity contribution in [1.29, 1.82) is 0 Å². The van der Waals surface area contributed by atoms with Gasteiger partial charge in [0, 0.05) is 12.1 Å². The SMILES string of the molecule is O=c1[nH]c(=S)[nH]c(O)c1C=NNc1cc([N+](=O)[O-])cc([N+](=O)[O-])c1. The first-order valence-electron chi connectivity index (χ1n) is 6.06. The van der Waals surface area contributed by atoms with Crippen molar-refractivity contribution in [1.82, 2.24) is 9.97 Å². The van der Waals surface area contributed by atoms with E-state index in [2.05, 4.69) is 32.7 Å². The number of anilines is 1. The van der Waals surface area contributed by atoms with Gasteiger partial charge in [0.1, 0.15) is 5.56 Å². The second kappa shape index (κ2) is 6.66. The Morgan fingerprint density at radius 1 is 1.17 bits per heavy atom. The van der Waals surface area contributed by atoms with Crippen molar-refractivity contribution in [2.75, 3.05) is 5.43 Å². The summed E-state index contributed by atoms with van der Waals surface area (Å²) in [5.74, 6) is -0.528. The molecule has 0 saturated carbocycles. The molecule has 1 aromatic heterocycles. The van der Waals surface area contributed by atoms with Crippen molar-refractivity contribution in [3.63, 3.8) is 0 Å². The molecule has 0 spiro atoms. The Morgan fingerprint density at radius 3 is 2.25 bits per heavy atom. The van der Waals surface area contributed by atoms with Gasteiger partial charge in [0.25, 0.3) is 16.9 Å². The molecule has 0 aliphatic carbocycles. The van der Waals surface area contributed by atoms with Gasteiger partial charge in [-0.15, -0.1) is 0 Å². The molecule has 2 rings (SSSR count). The summed E-state index contributed by atoms with van der Waals surface area (Å²) in [4.78, 5) is 36.1. The van der Waals surface area contributed by atoms with E-state index in [4.69, 9.17) is 0 Å². The number of nitro groups is 2. The van der Waals surface area contributed by atoms with Crippen molar-refractivity contribution < 1.29 is 15.0 Å². The van der Waals surface area contributed by atoms with Crippen molar-refractivity contribution >= 4 is 35.5 Å². The molecule has 0 aliphatic rings. The first kappa shape index (κ1) is 16.8. The van der Waals surface area contributed by atoms with Crippen LogP contribution in [0.1, 0.15) is 5.56 Å². The number of hydrazone groups is 1. The Morgan fingerprint density at radius 2 is 1.75 bits per heavy atom. The Kier molecular flexibility index (Phi) is 4.65. The molecule has 0 saturated heterocycles. The highest BCUT2D eigenvalue weighted by Crippen LogP contribution is 2.25. The minimum Gasteiger partial charge on any atom is -0.494 e. The molecule has 0 radical (unpaired) electrons. The largest absolute Gasteiger partial charge is 0.494 e. The fourth-order valence-corrected chi connectivity index (χ4v) is 1.84. The molecule has 0 bridgehead atoms. The van der Waals surface area contributed by atoms with E-state index in [0.29, 0.717) is 0 Å². The van der Waals surface area contributed by atoms with Crippen LogP contribution in [0.25, 0.3) is 0 Å². The highest BCUT2D eigenvalue weighted by Gasteiger charge is 2.16. The number of nitrogens with one attached hydrogen (secondary N) is 3. The van der Waals surface area contributed by atoms with Crippen LogP contribution in [-0.4, -0.2) is 31.1 Å². The lowest BCUT2D eigenvalue weighted by molar-refractivity contribution is -0.394. The number of aromatic hydroxyl groups is 1. The smallest absolute Gasteiger partial charge is 0.278 e. The molecular weight excluding hydrogens is 344 g/mol. The second-order valence-electron chi connectivity index (χ2n) is 4.29. The molecule has 4 N–H and O–H groups in total. The first-order valence-corrected chi connectivity index (χ1v) is 6.47. The summed E-state index contributed by atoms with van der Waals surface area (Å²) < 4.78 is -0.0862. The number of hydrogen-bond acceptors (Lipinski definition) is 9. The number of benzene rings is 1. The average molecular weight is 352 g/mol. The summed E-state index contributed by atoms with van der Waals surface area (Å²) in [5, 5.41) is 34.7. The van der Waals surface area contributed by atoms with Crippen LogP contribution in [0.5, 0.6) is 5.88 Å². The first-order chi connectivity index (χ1) is 11.3. The topological polar surface area (TPSA) is 180 Å². The standard InChI is InChI=1S/C11H8N6O6S/c18-9-8(10(19)14-11(24)13-9)4-12-15-5-1-6(16(20)21)3-7(2-5)17(22)23/h1-4,15H,(H3,13,14,18,19,24). The Bertz CT molecular complexity index is 932. The minimum atomic E-state index is -0.796. The van der Waals surface area contributed by atoms with Crippen LogP contribution in [0, 0.1) is 25.0 Å². The molecule has 0 atom stereocenters. The van der Waals surface area contributed by atoms with Crippen LogP contribution in [0.15, 0.2) is 28.1 Å². The Hall–Kier alpha value is -3.61. The van der Waals surface area contributed by atoms with Crippen molar-refractivity contribution in [2.45, 2.75) is 0 Å². The van der Waals surface area contributed by atoms with Gasteiger partial charge in [-0.3, -0.25) is 35.4 Å². The van der Waals surface area contributed by atoms with Gasteiger partial charge >= 0.3 is 0 Å². The minimum absolute atomic E-state index is 0.0491. The van der Waals surface area contributed by atoms with Crippen molar-refractivity contribution in [3.8, 4) is 5.88 Å². The van der Waals surface area contributed by atoms with Gasteiger partial charge in [0.2, 0.25) is 5.88 Å². The zero-order valence-electron chi connectivity index (χ0n) is 11.5. The number of aromatic nitrogens is 2. The van der Waals surface area contributed by atoms with Crippen LogP contribution < -0.4 is 11.0 Å². The summed E-state index contributed by atoms with van der Waals surface area (Å²) in [6, 6.07) is 2.84.